The average molecular weight is 434 g/mol. The Kier molecular flexibility index (Phi) is 5.04. The Morgan fingerprint density at radius 2 is 1.86 bits per heavy atom. The molecule has 7 nitrogen and oxygen atoms in total. The summed E-state index contributed by atoms with van der Waals surface area (Å²) in [6.07, 6.45) is 3.96. The highest BCUT2D eigenvalue weighted by Crippen LogP contribution is 2.23. The van der Waals surface area contributed by atoms with E-state index in [2.05, 4.69) is 16.5 Å². The molecule has 0 atom stereocenters. The molecule has 0 saturated heterocycles. The molecule has 1 aromatic carbocycles. The van der Waals surface area contributed by atoms with Crippen LogP contribution in [0.2, 0.25) is 10.0 Å². The SMILES string of the molecule is CCCCn1c(C)cn2c3c(=O)n(Cc4ccc(Cl)c(Cl)c4)c(=O)n(C)c3nc12. The molecule has 152 valence electrons. The first-order valence-corrected chi connectivity index (χ1v) is 10.2. The topological polar surface area (TPSA) is 66.2 Å². The molecule has 3 aromatic heterocycles. The van der Waals surface area contributed by atoms with Crippen LogP contribution in [0.15, 0.2) is 34.0 Å². The van der Waals surface area contributed by atoms with Crippen LogP contribution in [-0.2, 0) is 20.1 Å². The summed E-state index contributed by atoms with van der Waals surface area (Å²) >= 11 is 12.1. The van der Waals surface area contributed by atoms with Crippen molar-refractivity contribution < 1.29 is 0 Å². The van der Waals surface area contributed by atoms with Crippen LogP contribution in [0, 0.1) is 6.92 Å². The molecule has 0 aliphatic heterocycles. The van der Waals surface area contributed by atoms with Gasteiger partial charge in [0.15, 0.2) is 11.2 Å². The van der Waals surface area contributed by atoms with Crippen molar-refractivity contribution >= 4 is 40.1 Å². The van der Waals surface area contributed by atoms with Crippen molar-refractivity contribution in [1.82, 2.24) is 23.1 Å². The number of fused-ring (bicyclic) bond motifs is 3. The van der Waals surface area contributed by atoms with Crippen LogP contribution in [0.1, 0.15) is 31.0 Å². The molecule has 0 radical (unpaired) electrons. The second kappa shape index (κ2) is 7.39. The standard InChI is InChI=1S/C20H21Cl2N5O2/c1-4-5-8-25-12(2)10-26-16-17(23-19(25)26)24(3)20(29)27(18(16)28)11-13-6-7-14(21)15(22)9-13/h6-7,9-10H,4-5,8,11H2,1-3H3. The van der Waals surface area contributed by atoms with Crippen LogP contribution in [0.5, 0.6) is 0 Å². The molecule has 0 aliphatic carbocycles. The fraction of sp³-hybridized carbons (Fsp3) is 0.350. The molecule has 4 aromatic rings. The molecule has 3 heterocycles. The fourth-order valence-electron chi connectivity index (χ4n) is 3.61. The van der Waals surface area contributed by atoms with Gasteiger partial charge in [-0.2, -0.15) is 4.98 Å². The summed E-state index contributed by atoms with van der Waals surface area (Å²) in [5.41, 5.74) is 1.70. The molecule has 0 aliphatic rings. The zero-order valence-electron chi connectivity index (χ0n) is 16.4. The van der Waals surface area contributed by atoms with E-state index in [4.69, 9.17) is 23.2 Å². The van der Waals surface area contributed by atoms with Crippen molar-refractivity contribution in [3.8, 4) is 0 Å². The minimum absolute atomic E-state index is 0.0983. The van der Waals surface area contributed by atoms with Crippen molar-refractivity contribution in [3.05, 3.63) is 66.5 Å². The Balaban J connectivity index is 1.94. The first-order chi connectivity index (χ1) is 13.8. The summed E-state index contributed by atoms with van der Waals surface area (Å²) in [5.74, 6) is 0.672. The second-order valence-corrected chi connectivity index (χ2v) is 8.03. The van der Waals surface area contributed by atoms with Gasteiger partial charge in [0.2, 0.25) is 5.78 Å². The predicted molar refractivity (Wildman–Crippen MR) is 115 cm³/mol. The lowest BCUT2D eigenvalue weighted by atomic mass is 10.2. The maximum absolute atomic E-state index is 13.3. The van der Waals surface area contributed by atoms with E-state index in [1.54, 1.807) is 29.6 Å². The van der Waals surface area contributed by atoms with Crippen LogP contribution < -0.4 is 11.2 Å². The van der Waals surface area contributed by atoms with E-state index in [0.29, 0.717) is 27.0 Å². The van der Waals surface area contributed by atoms with Gasteiger partial charge in [-0.15, -0.1) is 0 Å². The number of nitrogens with zero attached hydrogens (tertiary/aromatic N) is 5. The monoisotopic (exact) mass is 433 g/mol. The molecule has 0 saturated carbocycles. The van der Waals surface area contributed by atoms with Crippen molar-refractivity contribution in [1.29, 1.82) is 0 Å². The van der Waals surface area contributed by atoms with Gasteiger partial charge in [-0.1, -0.05) is 42.6 Å². The Hall–Kier alpha value is -2.51. The number of hydrogen-bond acceptors (Lipinski definition) is 3. The second-order valence-electron chi connectivity index (χ2n) is 7.21. The van der Waals surface area contributed by atoms with Gasteiger partial charge in [0.25, 0.3) is 5.56 Å². The first-order valence-electron chi connectivity index (χ1n) is 9.45. The van der Waals surface area contributed by atoms with Crippen molar-refractivity contribution in [3.63, 3.8) is 0 Å². The minimum Gasteiger partial charge on any atom is -0.314 e. The zero-order chi connectivity index (χ0) is 20.9. The summed E-state index contributed by atoms with van der Waals surface area (Å²) < 4.78 is 6.49. The molecular formula is C20H21Cl2N5O2. The molecule has 0 N–H and O–H groups in total. The van der Waals surface area contributed by atoms with Crippen LogP contribution in [0.25, 0.3) is 16.9 Å². The summed E-state index contributed by atoms with van der Waals surface area (Å²) in [6, 6.07) is 5.07. The normalized spacial score (nSPS) is 11.8. The van der Waals surface area contributed by atoms with Crippen LogP contribution in [-0.4, -0.2) is 23.1 Å². The number of aryl methyl sites for hydroxylation is 3. The van der Waals surface area contributed by atoms with Gasteiger partial charge in [0.1, 0.15) is 0 Å². The van der Waals surface area contributed by atoms with E-state index < -0.39 is 5.69 Å². The molecule has 0 amide bonds. The lowest BCUT2D eigenvalue weighted by Crippen LogP contribution is -2.39. The van der Waals surface area contributed by atoms with Gasteiger partial charge < -0.3 is 4.57 Å². The van der Waals surface area contributed by atoms with Crippen molar-refractivity contribution in [2.45, 2.75) is 39.8 Å². The Bertz CT molecular complexity index is 1360. The number of hydrogen-bond donors (Lipinski definition) is 0. The Morgan fingerprint density at radius 3 is 2.55 bits per heavy atom. The van der Waals surface area contributed by atoms with Crippen LogP contribution in [0.4, 0.5) is 0 Å². The largest absolute Gasteiger partial charge is 0.332 e. The molecule has 0 unspecified atom stereocenters. The molecule has 4 rings (SSSR count). The van der Waals surface area contributed by atoms with E-state index in [9.17, 15) is 9.59 Å². The average Bonchev–Trinajstić information content (AvgIpc) is 3.19. The van der Waals surface area contributed by atoms with Gasteiger partial charge in [-0.25, -0.2) is 4.79 Å². The lowest BCUT2D eigenvalue weighted by Gasteiger charge is -2.09. The molecule has 9 heteroatoms. The minimum atomic E-state index is -0.425. The first kappa shape index (κ1) is 19.8. The molecule has 0 bridgehead atoms. The van der Waals surface area contributed by atoms with E-state index in [-0.39, 0.29) is 12.1 Å². The van der Waals surface area contributed by atoms with E-state index >= 15 is 0 Å². The number of benzene rings is 1. The van der Waals surface area contributed by atoms with E-state index in [0.717, 1.165) is 30.6 Å². The fourth-order valence-corrected chi connectivity index (χ4v) is 3.93. The third-order valence-corrected chi connectivity index (χ3v) is 5.94. The van der Waals surface area contributed by atoms with Gasteiger partial charge in [-0.3, -0.25) is 18.3 Å². The highest BCUT2D eigenvalue weighted by Gasteiger charge is 2.20. The van der Waals surface area contributed by atoms with Gasteiger partial charge >= 0.3 is 5.69 Å². The third kappa shape index (κ3) is 3.18. The van der Waals surface area contributed by atoms with Crippen LogP contribution in [0.3, 0.4) is 0 Å². The van der Waals surface area contributed by atoms with Gasteiger partial charge in [-0.05, 0) is 31.0 Å². The molecular weight excluding hydrogens is 413 g/mol. The number of imidazole rings is 2. The number of aromatic nitrogens is 5. The molecule has 0 spiro atoms. The van der Waals surface area contributed by atoms with Crippen molar-refractivity contribution in [2.75, 3.05) is 0 Å². The number of halogens is 2. The quantitative estimate of drug-likeness (QED) is 0.482. The van der Waals surface area contributed by atoms with E-state index in [1.165, 1.54) is 9.13 Å². The zero-order valence-corrected chi connectivity index (χ0v) is 18.0. The summed E-state index contributed by atoms with van der Waals surface area (Å²) in [7, 11) is 1.63. The van der Waals surface area contributed by atoms with Crippen LogP contribution >= 0.6 is 23.2 Å². The van der Waals surface area contributed by atoms with Gasteiger partial charge in [0.05, 0.1) is 16.6 Å². The summed E-state index contributed by atoms with van der Waals surface area (Å²) in [4.78, 5) is 30.8. The highest BCUT2D eigenvalue weighted by atomic mass is 35.5. The highest BCUT2D eigenvalue weighted by molar-refractivity contribution is 6.42. The smallest absolute Gasteiger partial charge is 0.314 e. The predicted octanol–water partition coefficient (Wildman–Crippen LogP) is 3.61. The molecule has 0 fully saturated rings. The third-order valence-electron chi connectivity index (χ3n) is 5.20. The summed E-state index contributed by atoms with van der Waals surface area (Å²) in [5, 5.41) is 0.804. The number of rotatable bonds is 5. The summed E-state index contributed by atoms with van der Waals surface area (Å²) in [6.45, 7) is 5.03. The van der Waals surface area contributed by atoms with E-state index in [1.807, 2.05) is 13.1 Å². The maximum Gasteiger partial charge on any atom is 0.332 e. The molecule has 29 heavy (non-hydrogen) atoms. The number of unbranched alkanes of at least 4 members (excludes halogenated alkanes) is 1. The van der Waals surface area contributed by atoms with Gasteiger partial charge in [0, 0.05) is 25.5 Å². The Morgan fingerprint density at radius 1 is 1.10 bits per heavy atom. The Labute approximate surface area is 176 Å². The van der Waals surface area contributed by atoms with Crippen molar-refractivity contribution in [2.24, 2.45) is 7.05 Å². The maximum atomic E-state index is 13.3. The lowest BCUT2D eigenvalue weighted by molar-refractivity contribution is 0.631.